The smallest absolute Gasteiger partial charge is 0.143 e. The van der Waals surface area contributed by atoms with Gasteiger partial charge in [0.25, 0.3) is 0 Å². The SMILES string of the molecule is c1ccc(-c2c3ccccc3c(-c3ccc(-c4ccc5oc6c(ccc7c6ccc6c8ccccc8sc67)c5c4)c4ccccc34)c3ccccc23)cc1. The molecule has 2 heteroatoms. The maximum Gasteiger partial charge on any atom is 0.143 e. The molecular weight excluding hydrogens is 673 g/mol. The fraction of sp³-hybridized carbons (Fsp3) is 0. The van der Waals surface area contributed by atoms with Gasteiger partial charge in [0.05, 0.1) is 0 Å². The molecule has 1 nitrogen and oxygen atoms in total. The molecule has 10 aromatic carbocycles. The predicted molar refractivity (Wildman–Crippen MR) is 233 cm³/mol. The van der Waals surface area contributed by atoms with Crippen molar-refractivity contribution in [1.82, 2.24) is 0 Å². The predicted octanol–water partition coefficient (Wildman–Crippen LogP) is 15.6. The molecule has 0 aliphatic carbocycles. The maximum absolute atomic E-state index is 6.67. The number of rotatable bonds is 3. The highest BCUT2D eigenvalue weighted by Gasteiger charge is 2.20. The van der Waals surface area contributed by atoms with E-state index in [0.29, 0.717) is 0 Å². The Morgan fingerprint density at radius 3 is 1.54 bits per heavy atom. The molecule has 2 heterocycles. The third-order valence-corrected chi connectivity index (χ3v) is 12.7. The molecular formula is C52H30OS. The zero-order chi connectivity index (χ0) is 35.3. The zero-order valence-electron chi connectivity index (χ0n) is 29.1. The largest absolute Gasteiger partial charge is 0.455 e. The minimum atomic E-state index is 0.912. The summed E-state index contributed by atoms with van der Waals surface area (Å²) >= 11 is 1.87. The quantitative estimate of drug-likeness (QED) is 0.167. The summed E-state index contributed by atoms with van der Waals surface area (Å²) in [5.41, 5.74) is 9.31. The van der Waals surface area contributed by atoms with Gasteiger partial charge in [-0.2, -0.15) is 0 Å². The number of hydrogen-bond acceptors (Lipinski definition) is 2. The third kappa shape index (κ3) is 4.20. The van der Waals surface area contributed by atoms with Gasteiger partial charge in [0.15, 0.2) is 0 Å². The molecule has 0 aliphatic rings. The summed E-state index contributed by atoms with van der Waals surface area (Å²) in [6.07, 6.45) is 0. The summed E-state index contributed by atoms with van der Waals surface area (Å²) in [6.45, 7) is 0. The Balaban J connectivity index is 1.07. The van der Waals surface area contributed by atoms with E-state index in [1.165, 1.54) is 91.3 Å². The summed E-state index contributed by atoms with van der Waals surface area (Å²) in [5.74, 6) is 0. The van der Waals surface area contributed by atoms with Crippen LogP contribution < -0.4 is 0 Å². The second-order valence-electron chi connectivity index (χ2n) is 14.3. The van der Waals surface area contributed by atoms with Crippen LogP contribution in [0.15, 0.2) is 186 Å². The second-order valence-corrected chi connectivity index (χ2v) is 15.4. The zero-order valence-corrected chi connectivity index (χ0v) is 30.0. The van der Waals surface area contributed by atoms with Crippen LogP contribution in [0.1, 0.15) is 0 Å². The van der Waals surface area contributed by atoms with Crippen molar-refractivity contribution in [3.63, 3.8) is 0 Å². The summed E-state index contributed by atoms with van der Waals surface area (Å²) in [6, 6.07) is 66.6. The normalized spacial score (nSPS) is 12.1. The van der Waals surface area contributed by atoms with Crippen LogP contribution in [-0.4, -0.2) is 0 Å². The molecule has 0 saturated heterocycles. The van der Waals surface area contributed by atoms with Crippen molar-refractivity contribution in [2.75, 3.05) is 0 Å². The Labute approximate surface area is 314 Å². The van der Waals surface area contributed by atoms with E-state index < -0.39 is 0 Å². The van der Waals surface area contributed by atoms with Crippen LogP contribution in [0.5, 0.6) is 0 Å². The maximum atomic E-state index is 6.67. The van der Waals surface area contributed by atoms with Gasteiger partial charge in [0, 0.05) is 41.7 Å². The number of thiophene rings is 1. The van der Waals surface area contributed by atoms with Gasteiger partial charge in [0.2, 0.25) is 0 Å². The van der Waals surface area contributed by atoms with Crippen molar-refractivity contribution >= 4 is 96.5 Å². The molecule has 0 radical (unpaired) electrons. The molecule has 0 amide bonds. The molecule has 12 rings (SSSR count). The first-order valence-electron chi connectivity index (χ1n) is 18.5. The van der Waals surface area contributed by atoms with E-state index in [2.05, 4.69) is 182 Å². The van der Waals surface area contributed by atoms with Crippen molar-refractivity contribution in [3.8, 4) is 33.4 Å². The molecule has 0 unspecified atom stereocenters. The average molecular weight is 703 g/mol. The molecule has 0 fully saturated rings. The van der Waals surface area contributed by atoms with Crippen LogP contribution in [0.25, 0.3) is 119 Å². The Kier molecular flexibility index (Phi) is 6.28. The molecule has 54 heavy (non-hydrogen) atoms. The lowest BCUT2D eigenvalue weighted by atomic mass is 9.84. The number of furan rings is 1. The average Bonchev–Trinajstić information content (AvgIpc) is 3.81. The van der Waals surface area contributed by atoms with Gasteiger partial charge in [-0.3, -0.25) is 0 Å². The van der Waals surface area contributed by atoms with Crippen molar-refractivity contribution in [2.45, 2.75) is 0 Å². The lowest BCUT2D eigenvalue weighted by Gasteiger charge is -2.19. The Bertz CT molecular complexity index is 3440. The van der Waals surface area contributed by atoms with E-state index in [0.717, 1.165) is 27.3 Å². The van der Waals surface area contributed by atoms with Crippen LogP contribution in [0.2, 0.25) is 0 Å². The standard InChI is InChI=1S/C52H30OS/c1-2-12-31(13-3-1)49-37-17-6-8-19-39(37)50(40-20-9-7-18-38(40)49)41-24-23-33(34-14-4-5-15-35(34)41)32-22-29-47-46(30-32)43-26-28-45-42(51(43)53-47)25-27-44-36-16-10-11-21-48(36)54-52(44)45/h1-30H. The monoisotopic (exact) mass is 702 g/mol. The van der Waals surface area contributed by atoms with Gasteiger partial charge in [-0.05, 0) is 96.0 Å². The minimum Gasteiger partial charge on any atom is -0.455 e. The summed E-state index contributed by atoms with van der Waals surface area (Å²) in [4.78, 5) is 0. The van der Waals surface area contributed by atoms with Crippen molar-refractivity contribution in [3.05, 3.63) is 182 Å². The van der Waals surface area contributed by atoms with Crippen molar-refractivity contribution in [1.29, 1.82) is 0 Å². The summed E-state index contributed by atoms with van der Waals surface area (Å²) < 4.78 is 9.31. The van der Waals surface area contributed by atoms with Gasteiger partial charge in [-0.1, -0.05) is 152 Å². The van der Waals surface area contributed by atoms with Gasteiger partial charge in [-0.15, -0.1) is 11.3 Å². The number of fused-ring (bicyclic) bond motifs is 12. The van der Waals surface area contributed by atoms with Crippen molar-refractivity contribution in [2.24, 2.45) is 0 Å². The Morgan fingerprint density at radius 1 is 0.315 bits per heavy atom. The molecule has 250 valence electrons. The van der Waals surface area contributed by atoms with Crippen LogP contribution >= 0.6 is 11.3 Å². The first-order valence-corrected chi connectivity index (χ1v) is 19.3. The molecule has 0 bridgehead atoms. The number of benzene rings is 10. The topological polar surface area (TPSA) is 13.1 Å². The Morgan fingerprint density at radius 2 is 0.833 bits per heavy atom. The lowest BCUT2D eigenvalue weighted by molar-refractivity contribution is 0.673. The third-order valence-electron chi connectivity index (χ3n) is 11.5. The molecule has 0 atom stereocenters. The summed E-state index contributed by atoms with van der Waals surface area (Å²) in [7, 11) is 0. The van der Waals surface area contributed by atoms with E-state index >= 15 is 0 Å². The van der Waals surface area contributed by atoms with E-state index in [1.54, 1.807) is 0 Å². The van der Waals surface area contributed by atoms with E-state index in [9.17, 15) is 0 Å². The first kappa shape index (κ1) is 29.8. The molecule has 0 aliphatic heterocycles. The van der Waals surface area contributed by atoms with Gasteiger partial charge >= 0.3 is 0 Å². The second kappa shape index (κ2) is 11.4. The fourth-order valence-electron chi connectivity index (χ4n) is 9.09. The molecule has 12 aromatic rings. The fourth-order valence-corrected chi connectivity index (χ4v) is 10.3. The lowest BCUT2D eigenvalue weighted by Crippen LogP contribution is -1.92. The van der Waals surface area contributed by atoms with E-state index in [1.807, 2.05) is 11.3 Å². The van der Waals surface area contributed by atoms with E-state index in [4.69, 9.17) is 4.42 Å². The Hall–Kier alpha value is -6.74. The van der Waals surface area contributed by atoms with Gasteiger partial charge in [-0.25, -0.2) is 0 Å². The van der Waals surface area contributed by atoms with Crippen molar-refractivity contribution < 1.29 is 4.42 Å². The van der Waals surface area contributed by atoms with Crippen LogP contribution in [0.4, 0.5) is 0 Å². The highest BCUT2D eigenvalue weighted by molar-refractivity contribution is 7.26. The summed E-state index contributed by atoms with van der Waals surface area (Å²) in [5, 5.41) is 14.9. The molecule has 0 spiro atoms. The van der Waals surface area contributed by atoms with Crippen LogP contribution in [0, 0.1) is 0 Å². The van der Waals surface area contributed by atoms with Crippen LogP contribution in [-0.2, 0) is 0 Å². The minimum absolute atomic E-state index is 0.912. The van der Waals surface area contributed by atoms with E-state index in [-0.39, 0.29) is 0 Å². The highest BCUT2D eigenvalue weighted by Crippen LogP contribution is 2.47. The molecule has 0 N–H and O–H groups in total. The highest BCUT2D eigenvalue weighted by atomic mass is 32.1. The van der Waals surface area contributed by atoms with Crippen LogP contribution in [0.3, 0.4) is 0 Å². The molecule has 2 aromatic heterocycles. The van der Waals surface area contributed by atoms with Gasteiger partial charge < -0.3 is 4.42 Å². The molecule has 0 saturated carbocycles. The number of hydrogen-bond donors (Lipinski definition) is 0. The first-order chi connectivity index (χ1) is 26.8. The van der Waals surface area contributed by atoms with Gasteiger partial charge in [0.1, 0.15) is 11.2 Å².